The summed E-state index contributed by atoms with van der Waals surface area (Å²) >= 11 is 0. The number of aromatic amines is 1. The number of nitrogens with zero attached hydrogens (tertiary/aromatic N) is 1. The Morgan fingerprint density at radius 2 is 1.96 bits per heavy atom. The first kappa shape index (κ1) is 14.8. The van der Waals surface area contributed by atoms with E-state index in [-0.39, 0.29) is 5.91 Å². The van der Waals surface area contributed by atoms with E-state index in [1.165, 1.54) is 0 Å². The minimum Gasteiger partial charge on any atom is -0.492 e. The maximum Gasteiger partial charge on any atom is 0.255 e. The Bertz CT molecular complexity index is 780. The molecular weight excluding hydrogens is 290 g/mol. The summed E-state index contributed by atoms with van der Waals surface area (Å²) in [5.41, 5.74) is 2.17. The Morgan fingerprint density at radius 1 is 1.17 bits per heavy atom. The summed E-state index contributed by atoms with van der Waals surface area (Å²) in [5, 5.41) is 2.88. The Hall–Kier alpha value is -3.08. The quantitative estimate of drug-likeness (QED) is 0.755. The van der Waals surface area contributed by atoms with Gasteiger partial charge in [-0.1, -0.05) is 24.3 Å². The van der Waals surface area contributed by atoms with E-state index in [9.17, 15) is 4.79 Å². The van der Waals surface area contributed by atoms with Gasteiger partial charge in [-0.25, -0.2) is 4.98 Å². The summed E-state index contributed by atoms with van der Waals surface area (Å²) in [7, 11) is 0. The second-order valence-electron chi connectivity index (χ2n) is 4.90. The smallest absolute Gasteiger partial charge is 0.255 e. The van der Waals surface area contributed by atoms with Gasteiger partial charge in [-0.05, 0) is 31.2 Å². The van der Waals surface area contributed by atoms with E-state index in [1.54, 1.807) is 24.5 Å². The van der Waals surface area contributed by atoms with Gasteiger partial charge in [0, 0.05) is 23.5 Å². The molecule has 0 saturated carbocycles. The maximum absolute atomic E-state index is 12.4. The third-order valence-electron chi connectivity index (χ3n) is 3.35. The molecule has 1 amide bonds. The molecule has 0 aliphatic carbocycles. The SMILES string of the molecule is CCOc1ccccc1NC(=O)c1ccc(-c2ncc[nH]2)cc1. The van der Waals surface area contributed by atoms with Gasteiger partial charge in [0.25, 0.3) is 5.91 Å². The Kier molecular flexibility index (Phi) is 4.38. The lowest BCUT2D eigenvalue weighted by atomic mass is 10.1. The van der Waals surface area contributed by atoms with Crippen LogP contribution in [0.25, 0.3) is 11.4 Å². The van der Waals surface area contributed by atoms with Gasteiger partial charge in [0.2, 0.25) is 0 Å². The minimum absolute atomic E-state index is 0.178. The average molecular weight is 307 g/mol. The lowest BCUT2D eigenvalue weighted by Gasteiger charge is -2.11. The van der Waals surface area contributed by atoms with Crippen molar-refractivity contribution >= 4 is 11.6 Å². The molecular formula is C18H17N3O2. The molecule has 1 aromatic heterocycles. The molecule has 0 aliphatic heterocycles. The first-order valence-electron chi connectivity index (χ1n) is 7.41. The van der Waals surface area contributed by atoms with Crippen LogP contribution in [0.5, 0.6) is 5.75 Å². The number of hydrogen-bond acceptors (Lipinski definition) is 3. The number of hydrogen-bond donors (Lipinski definition) is 2. The normalized spacial score (nSPS) is 10.3. The molecule has 0 saturated heterocycles. The zero-order chi connectivity index (χ0) is 16.1. The molecule has 2 N–H and O–H groups in total. The molecule has 3 aromatic rings. The molecule has 2 aromatic carbocycles. The highest BCUT2D eigenvalue weighted by molar-refractivity contribution is 6.05. The van der Waals surface area contributed by atoms with Crippen LogP contribution in [0.3, 0.4) is 0 Å². The molecule has 23 heavy (non-hydrogen) atoms. The number of benzene rings is 2. The number of amides is 1. The van der Waals surface area contributed by atoms with E-state index in [2.05, 4.69) is 15.3 Å². The Balaban J connectivity index is 1.76. The second-order valence-corrected chi connectivity index (χ2v) is 4.90. The van der Waals surface area contributed by atoms with Gasteiger partial charge >= 0.3 is 0 Å². The highest BCUT2D eigenvalue weighted by Crippen LogP contribution is 2.24. The van der Waals surface area contributed by atoms with E-state index in [4.69, 9.17) is 4.74 Å². The molecule has 0 bridgehead atoms. The highest BCUT2D eigenvalue weighted by Gasteiger charge is 2.10. The number of carbonyl (C=O) groups is 1. The number of aromatic nitrogens is 2. The predicted molar refractivity (Wildman–Crippen MR) is 89.6 cm³/mol. The van der Waals surface area contributed by atoms with E-state index in [0.29, 0.717) is 23.6 Å². The minimum atomic E-state index is -0.178. The summed E-state index contributed by atoms with van der Waals surface area (Å²) in [6.07, 6.45) is 3.46. The molecule has 1 heterocycles. The van der Waals surface area contributed by atoms with Gasteiger partial charge in [0.15, 0.2) is 0 Å². The lowest BCUT2D eigenvalue weighted by molar-refractivity contribution is 0.102. The summed E-state index contributed by atoms with van der Waals surface area (Å²) in [5.74, 6) is 1.26. The number of imidazole rings is 1. The number of ether oxygens (including phenoxy) is 1. The number of para-hydroxylation sites is 2. The van der Waals surface area contributed by atoms with Crippen molar-refractivity contribution in [3.8, 4) is 17.1 Å². The van der Waals surface area contributed by atoms with Crippen molar-refractivity contribution < 1.29 is 9.53 Å². The van der Waals surface area contributed by atoms with Crippen LogP contribution in [-0.4, -0.2) is 22.5 Å². The van der Waals surface area contributed by atoms with E-state index >= 15 is 0 Å². The number of carbonyl (C=O) groups excluding carboxylic acids is 1. The van der Waals surface area contributed by atoms with Crippen molar-refractivity contribution in [1.29, 1.82) is 0 Å². The molecule has 0 spiro atoms. The molecule has 0 radical (unpaired) electrons. The van der Waals surface area contributed by atoms with Crippen LogP contribution in [0.15, 0.2) is 60.9 Å². The van der Waals surface area contributed by atoms with Crippen molar-refractivity contribution in [3.05, 3.63) is 66.5 Å². The Labute approximate surface area is 134 Å². The third kappa shape index (κ3) is 3.40. The molecule has 116 valence electrons. The van der Waals surface area contributed by atoms with Crippen LogP contribution in [-0.2, 0) is 0 Å². The van der Waals surface area contributed by atoms with E-state index in [1.807, 2.05) is 43.3 Å². The van der Waals surface area contributed by atoms with Crippen LogP contribution in [0, 0.1) is 0 Å². The fourth-order valence-electron chi connectivity index (χ4n) is 2.25. The highest BCUT2D eigenvalue weighted by atomic mass is 16.5. The zero-order valence-electron chi connectivity index (χ0n) is 12.7. The van der Waals surface area contributed by atoms with Gasteiger partial charge in [-0.2, -0.15) is 0 Å². The summed E-state index contributed by atoms with van der Waals surface area (Å²) in [6.45, 7) is 2.46. The van der Waals surface area contributed by atoms with Gasteiger partial charge in [-0.15, -0.1) is 0 Å². The van der Waals surface area contributed by atoms with Crippen molar-refractivity contribution in [3.63, 3.8) is 0 Å². The van der Waals surface area contributed by atoms with Gasteiger partial charge in [0.05, 0.1) is 12.3 Å². The summed E-state index contributed by atoms with van der Waals surface area (Å²) < 4.78 is 5.51. The first-order valence-corrected chi connectivity index (χ1v) is 7.41. The number of anilines is 1. The Morgan fingerprint density at radius 3 is 2.65 bits per heavy atom. The molecule has 5 heteroatoms. The average Bonchev–Trinajstić information content (AvgIpc) is 3.11. The number of nitrogens with one attached hydrogen (secondary N) is 2. The summed E-state index contributed by atoms with van der Waals surface area (Å²) in [6, 6.07) is 14.7. The zero-order valence-corrected chi connectivity index (χ0v) is 12.7. The van der Waals surface area contributed by atoms with Crippen LogP contribution in [0.2, 0.25) is 0 Å². The van der Waals surface area contributed by atoms with Crippen LogP contribution < -0.4 is 10.1 Å². The molecule has 0 fully saturated rings. The van der Waals surface area contributed by atoms with Crippen molar-refractivity contribution in [2.45, 2.75) is 6.92 Å². The monoisotopic (exact) mass is 307 g/mol. The van der Waals surface area contributed by atoms with Crippen LogP contribution >= 0.6 is 0 Å². The number of H-pyrrole nitrogens is 1. The third-order valence-corrected chi connectivity index (χ3v) is 3.35. The van der Waals surface area contributed by atoms with Crippen molar-refractivity contribution in [1.82, 2.24) is 9.97 Å². The van der Waals surface area contributed by atoms with Crippen LogP contribution in [0.1, 0.15) is 17.3 Å². The maximum atomic E-state index is 12.4. The first-order chi connectivity index (χ1) is 11.3. The fourth-order valence-corrected chi connectivity index (χ4v) is 2.25. The molecule has 0 aliphatic rings. The second kappa shape index (κ2) is 6.79. The molecule has 0 unspecified atom stereocenters. The standard InChI is InChI=1S/C18H17N3O2/c1-2-23-16-6-4-3-5-15(16)21-18(22)14-9-7-13(8-10-14)17-19-11-12-20-17/h3-12H,2H2,1H3,(H,19,20)(H,21,22). The lowest BCUT2D eigenvalue weighted by Crippen LogP contribution is -2.12. The molecule has 5 nitrogen and oxygen atoms in total. The number of rotatable bonds is 5. The van der Waals surface area contributed by atoms with E-state index < -0.39 is 0 Å². The van der Waals surface area contributed by atoms with Crippen molar-refractivity contribution in [2.75, 3.05) is 11.9 Å². The topological polar surface area (TPSA) is 67.0 Å². The fraction of sp³-hybridized carbons (Fsp3) is 0.111. The van der Waals surface area contributed by atoms with Gasteiger partial charge in [0.1, 0.15) is 11.6 Å². The van der Waals surface area contributed by atoms with Gasteiger partial charge < -0.3 is 15.0 Å². The predicted octanol–water partition coefficient (Wildman–Crippen LogP) is 3.73. The van der Waals surface area contributed by atoms with Crippen LogP contribution in [0.4, 0.5) is 5.69 Å². The van der Waals surface area contributed by atoms with E-state index in [0.717, 1.165) is 11.4 Å². The summed E-state index contributed by atoms with van der Waals surface area (Å²) in [4.78, 5) is 19.6. The largest absolute Gasteiger partial charge is 0.492 e. The van der Waals surface area contributed by atoms with Crippen molar-refractivity contribution in [2.24, 2.45) is 0 Å². The molecule has 3 rings (SSSR count). The molecule has 0 atom stereocenters. The van der Waals surface area contributed by atoms with Gasteiger partial charge in [-0.3, -0.25) is 4.79 Å².